The summed E-state index contributed by atoms with van der Waals surface area (Å²) in [5.41, 5.74) is 2.47. The molecule has 0 saturated carbocycles. The van der Waals surface area contributed by atoms with Gasteiger partial charge in [-0.15, -0.1) is 0 Å². The van der Waals surface area contributed by atoms with Gasteiger partial charge in [0.25, 0.3) is 0 Å². The molecule has 0 bridgehead atoms. The molecule has 0 atom stereocenters. The Morgan fingerprint density at radius 3 is 2.50 bits per heavy atom. The second kappa shape index (κ2) is 6.79. The largest absolute Gasteiger partial charge is 0.490 e. The molecule has 0 spiro atoms. The van der Waals surface area contributed by atoms with Gasteiger partial charge in [-0.3, -0.25) is 4.79 Å². The second-order valence-electron chi connectivity index (χ2n) is 5.51. The molecule has 3 rings (SSSR count). The summed E-state index contributed by atoms with van der Waals surface area (Å²) in [7, 11) is 0. The Bertz CT molecular complexity index is 805. The zero-order valence-electron chi connectivity index (χ0n) is 14.1. The Morgan fingerprint density at radius 1 is 1.00 bits per heavy atom. The number of rotatable bonds is 5. The van der Waals surface area contributed by atoms with Gasteiger partial charge in [-0.2, -0.15) is 0 Å². The maximum atomic E-state index is 12.5. The van der Waals surface area contributed by atoms with E-state index in [0.29, 0.717) is 41.8 Å². The van der Waals surface area contributed by atoms with Crippen molar-refractivity contribution in [2.75, 3.05) is 13.2 Å². The van der Waals surface area contributed by atoms with Crippen molar-refractivity contribution in [3.05, 3.63) is 58.8 Å². The molecule has 0 amide bonds. The summed E-state index contributed by atoms with van der Waals surface area (Å²) >= 11 is 0. The molecule has 2 aromatic rings. The standard InChI is InChI=1S/C20H20O4/c1-4-22-17-9-7-14(11-18(17)23-5-2)12-19-20(21)15-10-13(3)6-8-16(15)24-19/h6-12H,4-5H2,1-3H3/b19-12-. The van der Waals surface area contributed by atoms with Crippen LogP contribution in [-0.2, 0) is 0 Å². The summed E-state index contributed by atoms with van der Waals surface area (Å²) in [5, 5.41) is 0. The molecule has 4 heteroatoms. The molecular formula is C20H20O4. The normalized spacial score (nSPS) is 14.5. The fourth-order valence-corrected chi connectivity index (χ4v) is 2.61. The topological polar surface area (TPSA) is 44.8 Å². The minimum Gasteiger partial charge on any atom is -0.490 e. The van der Waals surface area contributed by atoms with E-state index in [9.17, 15) is 4.79 Å². The van der Waals surface area contributed by atoms with Gasteiger partial charge in [-0.25, -0.2) is 0 Å². The van der Waals surface area contributed by atoms with Crippen LogP contribution in [0.2, 0.25) is 0 Å². The first-order valence-electron chi connectivity index (χ1n) is 8.07. The fourth-order valence-electron chi connectivity index (χ4n) is 2.61. The van der Waals surface area contributed by atoms with Crippen LogP contribution in [0.15, 0.2) is 42.2 Å². The molecule has 1 aliphatic heterocycles. The van der Waals surface area contributed by atoms with E-state index in [1.807, 2.05) is 57.2 Å². The summed E-state index contributed by atoms with van der Waals surface area (Å²) in [5.74, 6) is 2.18. The molecule has 0 unspecified atom stereocenters. The molecule has 0 fully saturated rings. The first-order chi connectivity index (χ1) is 11.6. The van der Waals surface area contributed by atoms with Gasteiger partial charge in [0.05, 0.1) is 18.8 Å². The zero-order chi connectivity index (χ0) is 17.1. The van der Waals surface area contributed by atoms with Gasteiger partial charge in [0.2, 0.25) is 5.78 Å². The van der Waals surface area contributed by atoms with E-state index < -0.39 is 0 Å². The summed E-state index contributed by atoms with van der Waals surface area (Å²) in [4.78, 5) is 12.5. The van der Waals surface area contributed by atoms with E-state index in [1.165, 1.54) is 0 Å². The SMILES string of the molecule is CCOc1ccc(/C=C2\Oc3ccc(C)cc3C2=O)cc1OCC. The molecule has 124 valence electrons. The van der Waals surface area contributed by atoms with Crippen LogP contribution < -0.4 is 14.2 Å². The number of hydrogen-bond acceptors (Lipinski definition) is 4. The van der Waals surface area contributed by atoms with Gasteiger partial charge < -0.3 is 14.2 Å². The number of Topliss-reactive ketones (excluding diaryl/α,β-unsaturated/α-hetero) is 1. The zero-order valence-corrected chi connectivity index (χ0v) is 14.1. The lowest BCUT2D eigenvalue weighted by molar-refractivity contribution is 0.101. The van der Waals surface area contributed by atoms with Crippen molar-refractivity contribution in [2.45, 2.75) is 20.8 Å². The minimum absolute atomic E-state index is 0.0967. The van der Waals surface area contributed by atoms with Crippen molar-refractivity contribution in [3.8, 4) is 17.2 Å². The molecule has 0 saturated heterocycles. The van der Waals surface area contributed by atoms with Gasteiger partial charge in [0.1, 0.15) is 5.75 Å². The smallest absolute Gasteiger partial charge is 0.231 e. The molecule has 2 aromatic carbocycles. The summed E-state index contributed by atoms with van der Waals surface area (Å²) in [6, 6.07) is 11.2. The highest BCUT2D eigenvalue weighted by Crippen LogP contribution is 2.34. The Morgan fingerprint density at radius 2 is 1.75 bits per heavy atom. The molecule has 1 aliphatic rings. The Kier molecular flexibility index (Phi) is 4.56. The summed E-state index contributed by atoms with van der Waals surface area (Å²) in [6.45, 7) is 6.91. The molecular weight excluding hydrogens is 304 g/mol. The summed E-state index contributed by atoms with van der Waals surface area (Å²) in [6.07, 6.45) is 1.73. The van der Waals surface area contributed by atoms with Crippen molar-refractivity contribution in [3.63, 3.8) is 0 Å². The highest BCUT2D eigenvalue weighted by Gasteiger charge is 2.27. The van der Waals surface area contributed by atoms with Crippen molar-refractivity contribution >= 4 is 11.9 Å². The lowest BCUT2D eigenvalue weighted by Gasteiger charge is -2.11. The number of fused-ring (bicyclic) bond motifs is 1. The maximum Gasteiger partial charge on any atom is 0.231 e. The number of carbonyl (C=O) groups excluding carboxylic acids is 1. The van der Waals surface area contributed by atoms with E-state index in [0.717, 1.165) is 11.1 Å². The molecule has 24 heavy (non-hydrogen) atoms. The predicted molar refractivity (Wildman–Crippen MR) is 92.9 cm³/mol. The Labute approximate surface area is 141 Å². The van der Waals surface area contributed by atoms with Gasteiger partial charge in [-0.1, -0.05) is 17.7 Å². The van der Waals surface area contributed by atoms with E-state index >= 15 is 0 Å². The van der Waals surface area contributed by atoms with Crippen molar-refractivity contribution < 1.29 is 19.0 Å². The summed E-state index contributed by atoms with van der Waals surface area (Å²) < 4.78 is 16.9. The average Bonchev–Trinajstić information content (AvgIpc) is 2.86. The number of benzene rings is 2. The van der Waals surface area contributed by atoms with E-state index in [2.05, 4.69) is 0 Å². The molecule has 4 nitrogen and oxygen atoms in total. The molecule has 1 heterocycles. The highest BCUT2D eigenvalue weighted by atomic mass is 16.5. The number of allylic oxidation sites excluding steroid dienone is 1. The van der Waals surface area contributed by atoms with Crippen LogP contribution in [0.1, 0.15) is 35.3 Å². The lowest BCUT2D eigenvalue weighted by Crippen LogP contribution is -2.00. The molecule has 0 aromatic heterocycles. The van der Waals surface area contributed by atoms with Crippen LogP contribution in [0.25, 0.3) is 6.08 Å². The van der Waals surface area contributed by atoms with Crippen LogP contribution in [0.3, 0.4) is 0 Å². The monoisotopic (exact) mass is 324 g/mol. The first kappa shape index (κ1) is 16.1. The number of hydrogen-bond donors (Lipinski definition) is 0. The van der Waals surface area contributed by atoms with Crippen LogP contribution in [0, 0.1) is 6.92 Å². The van der Waals surface area contributed by atoms with Crippen LogP contribution in [0.5, 0.6) is 17.2 Å². The third-order valence-corrected chi connectivity index (χ3v) is 3.69. The number of aryl methyl sites for hydroxylation is 1. The van der Waals surface area contributed by atoms with Crippen molar-refractivity contribution in [1.29, 1.82) is 0 Å². The van der Waals surface area contributed by atoms with Crippen LogP contribution >= 0.6 is 0 Å². The number of ketones is 1. The third kappa shape index (κ3) is 3.13. The Balaban J connectivity index is 1.92. The van der Waals surface area contributed by atoms with Crippen LogP contribution in [0.4, 0.5) is 0 Å². The maximum absolute atomic E-state index is 12.5. The molecule has 0 N–H and O–H groups in total. The minimum atomic E-state index is -0.0967. The Hall–Kier alpha value is -2.75. The van der Waals surface area contributed by atoms with Gasteiger partial charge in [0.15, 0.2) is 17.3 Å². The fraction of sp³-hybridized carbons (Fsp3) is 0.250. The number of carbonyl (C=O) groups is 1. The number of ether oxygens (including phenoxy) is 3. The molecule has 0 aliphatic carbocycles. The average molecular weight is 324 g/mol. The predicted octanol–water partition coefficient (Wildman–Crippen LogP) is 4.41. The van der Waals surface area contributed by atoms with E-state index in [-0.39, 0.29) is 5.78 Å². The lowest BCUT2D eigenvalue weighted by atomic mass is 10.1. The van der Waals surface area contributed by atoms with Gasteiger partial charge >= 0.3 is 0 Å². The van der Waals surface area contributed by atoms with Crippen molar-refractivity contribution in [1.82, 2.24) is 0 Å². The van der Waals surface area contributed by atoms with Gasteiger partial charge in [-0.05, 0) is 56.7 Å². The first-order valence-corrected chi connectivity index (χ1v) is 8.07. The quantitative estimate of drug-likeness (QED) is 0.764. The third-order valence-electron chi connectivity index (χ3n) is 3.69. The second-order valence-corrected chi connectivity index (χ2v) is 5.51. The highest BCUT2D eigenvalue weighted by molar-refractivity contribution is 6.14. The van der Waals surface area contributed by atoms with Gasteiger partial charge in [0, 0.05) is 0 Å². The van der Waals surface area contributed by atoms with E-state index in [1.54, 1.807) is 6.08 Å². The van der Waals surface area contributed by atoms with E-state index in [4.69, 9.17) is 14.2 Å². The van der Waals surface area contributed by atoms with Crippen LogP contribution in [-0.4, -0.2) is 19.0 Å². The molecule has 0 radical (unpaired) electrons. The van der Waals surface area contributed by atoms with Crippen molar-refractivity contribution in [2.24, 2.45) is 0 Å².